The van der Waals surface area contributed by atoms with Crippen molar-refractivity contribution < 1.29 is 9.15 Å². The third-order valence-electron chi connectivity index (χ3n) is 3.57. The zero-order valence-corrected chi connectivity index (χ0v) is 12.8. The predicted molar refractivity (Wildman–Crippen MR) is 83.2 cm³/mol. The lowest BCUT2D eigenvalue weighted by molar-refractivity contribution is 0.202. The lowest BCUT2D eigenvalue weighted by Crippen LogP contribution is -2.12. The fourth-order valence-corrected chi connectivity index (χ4v) is 2.53. The Morgan fingerprint density at radius 2 is 2.05 bits per heavy atom. The summed E-state index contributed by atoms with van der Waals surface area (Å²) in [6.07, 6.45) is 3.16. The molecular weight excluding hydrogens is 250 g/mol. The van der Waals surface area contributed by atoms with E-state index in [-0.39, 0.29) is 0 Å². The standard InChI is InChI=1S/C17H25NO2/c1-4-6-14-15-11-13(9-10-19-3)7-8-16(15)20-17(14)12-18-5-2/h7-8,11,18H,4-6,9-10,12H2,1-3H3. The molecule has 0 aliphatic carbocycles. The molecule has 2 aromatic rings. The predicted octanol–water partition coefficient (Wildman–Crippen LogP) is 3.68. The van der Waals surface area contributed by atoms with Gasteiger partial charge in [-0.3, -0.25) is 0 Å². The molecule has 0 bridgehead atoms. The van der Waals surface area contributed by atoms with E-state index < -0.39 is 0 Å². The Kier molecular flexibility index (Phi) is 5.62. The monoisotopic (exact) mass is 275 g/mol. The first-order chi connectivity index (χ1) is 9.80. The highest BCUT2D eigenvalue weighted by molar-refractivity contribution is 5.83. The fraction of sp³-hybridized carbons (Fsp3) is 0.529. The lowest BCUT2D eigenvalue weighted by atomic mass is 10.0. The van der Waals surface area contributed by atoms with E-state index in [1.165, 1.54) is 16.5 Å². The van der Waals surface area contributed by atoms with E-state index in [1.54, 1.807) is 7.11 Å². The van der Waals surface area contributed by atoms with E-state index >= 15 is 0 Å². The summed E-state index contributed by atoms with van der Waals surface area (Å²) >= 11 is 0. The zero-order valence-electron chi connectivity index (χ0n) is 12.8. The zero-order chi connectivity index (χ0) is 14.4. The molecule has 1 aromatic carbocycles. The molecule has 0 saturated heterocycles. The van der Waals surface area contributed by atoms with Crippen molar-refractivity contribution in [2.24, 2.45) is 0 Å². The van der Waals surface area contributed by atoms with Crippen LogP contribution in [0.2, 0.25) is 0 Å². The Bertz CT molecular complexity index is 545. The van der Waals surface area contributed by atoms with Gasteiger partial charge in [0.15, 0.2) is 0 Å². The van der Waals surface area contributed by atoms with Gasteiger partial charge in [-0.1, -0.05) is 26.3 Å². The molecule has 1 aromatic heterocycles. The summed E-state index contributed by atoms with van der Waals surface area (Å²) in [5, 5.41) is 4.63. The van der Waals surface area contributed by atoms with Crippen molar-refractivity contribution in [1.82, 2.24) is 5.32 Å². The number of methoxy groups -OCH3 is 1. The van der Waals surface area contributed by atoms with Gasteiger partial charge in [-0.05, 0) is 37.1 Å². The molecule has 3 nitrogen and oxygen atoms in total. The van der Waals surface area contributed by atoms with Gasteiger partial charge in [0, 0.05) is 18.1 Å². The Morgan fingerprint density at radius 3 is 2.75 bits per heavy atom. The number of fused-ring (bicyclic) bond motifs is 1. The van der Waals surface area contributed by atoms with Crippen molar-refractivity contribution in [2.75, 3.05) is 20.3 Å². The maximum Gasteiger partial charge on any atom is 0.134 e. The van der Waals surface area contributed by atoms with Crippen LogP contribution in [0.5, 0.6) is 0 Å². The highest BCUT2D eigenvalue weighted by atomic mass is 16.5. The molecule has 0 aliphatic heterocycles. The fourth-order valence-electron chi connectivity index (χ4n) is 2.53. The number of hydrogen-bond donors (Lipinski definition) is 1. The van der Waals surface area contributed by atoms with Crippen LogP contribution >= 0.6 is 0 Å². The lowest BCUT2D eigenvalue weighted by Gasteiger charge is -2.03. The average Bonchev–Trinajstić information content (AvgIpc) is 2.81. The van der Waals surface area contributed by atoms with Crippen LogP contribution in [0.4, 0.5) is 0 Å². The largest absolute Gasteiger partial charge is 0.459 e. The van der Waals surface area contributed by atoms with Crippen LogP contribution in [0.25, 0.3) is 11.0 Å². The first-order valence-electron chi connectivity index (χ1n) is 7.53. The van der Waals surface area contributed by atoms with Crippen molar-refractivity contribution in [1.29, 1.82) is 0 Å². The van der Waals surface area contributed by atoms with E-state index in [2.05, 4.69) is 37.4 Å². The molecule has 0 aliphatic rings. The van der Waals surface area contributed by atoms with Crippen LogP contribution in [-0.2, 0) is 24.1 Å². The summed E-state index contributed by atoms with van der Waals surface area (Å²) in [5.41, 5.74) is 3.68. The molecule has 1 N–H and O–H groups in total. The molecule has 20 heavy (non-hydrogen) atoms. The second-order valence-electron chi connectivity index (χ2n) is 5.11. The van der Waals surface area contributed by atoms with Gasteiger partial charge in [-0.2, -0.15) is 0 Å². The smallest absolute Gasteiger partial charge is 0.134 e. The van der Waals surface area contributed by atoms with Gasteiger partial charge in [0.25, 0.3) is 0 Å². The van der Waals surface area contributed by atoms with Crippen LogP contribution in [0.1, 0.15) is 37.2 Å². The van der Waals surface area contributed by atoms with Gasteiger partial charge in [0.2, 0.25) is 0 Å². The van der Waals surface area contributed by atoms with E-state index in [4.69, 9.17) is 9.15 Å². The van der Waals surface area contributed by atoms with Crippen molar-refractivity contribution in [3.63, 3.8) is 0 Å². The van der Waals surface area contributed by atoms with E-state index in [0.29, 0.717) is 0 Å². The maximum absolute atomic E-state index is 6.02. The van der Waals surface area contributed by atoms with Crippen molar-refractivity contribution >= 4 is 11.0 Å². The third-order valence-corrected chi connectivity index (χ3v) is 3.57. The van der Waals surface area contributed by atoms with E-state index in [9.17, 15) is 0 Å². The van der Waals surface area contributed by atoms with E-state index in [0.717, 1.165) is 50.3 Å². The Labute approximate surface area is 121 Å². The maximum atomic E-state index is 6.02. The number of benzene rings is 1. The van der Waals surface area contributed by atoms with Crippen molar-refractivity contribution in [3.8, 4) is 0 Å². The Balaban J connectivity index is 2.35. The number of ether oxygens (including phenoxy) is 1. The van der Waals surface area contributed by atoms with Crippen molar-refractivity contribution in [3.05, 3.63) is 35.1 Å². The van der Waals surface area contributed by atoms with Gasteiger partial charge in [-0.15, -0.1) is 0 Å². The molecule has 0 fully saturated rings. The summed E-state index contributed by atoms with van der Waals surface area (Å²) in [6.45, 7) is 6.86. The van der Waals surface area contributed by atoms with Gasteiger partial charge in [0.05, 0.1) is 13.2 Å². The second-order valence-corrected chi connectivity index (χ2v) is 5.11. The molecular formula is C17H25NO2. The highest BCUT2D eigenvalue weighted by Gasteiger charge is 2.13. The Hall–Kier alpha value is -1.32. The highest BCUT2D eigenvalue weighted by Crippen LogP contribution is 2.28. The van der Waals surface area contributed by atoms with Gasteiger partial charge >= 0.3 is 0 Å². The average molecular weight is 275 g/mol. The number of nitrogens with one attached hydrogen (secondary N) is 1. The number of hydrogen-bond acceptors (Lipinski definition) is 3. The summed E-state index contributed by atoms with van der Waals surface area (Å²) in [7, 11) is 1.74. The van der Waals surface area contributed by atoms with Crippen LogP contribution in [0.3, 0.4) is 0 Å². The summed E-state index contributed by atoms with van der Waals surface area (Å²) < 4.78 is 11.2. The summed E-state index contributed by atoms with van der Waals surface area (Å²) in [5.74, 6) is 1.09. The van der Waals surface area contributed by atoms with Gasteiger partial charge < -0.3 is 14.5 Å². The van der Waals surface area contributed by atoms with Crippen LogP contribution < -0.4 is 5.32 Å². The van der Waals surface area contributed by atoms with Crippen LogP contribution in [0.15, 0.2) is 22.6 Å². The minimum Gasteiger partial charge on any atom is -0.459 e. The molecule has 1 heterocycles. The number of aryl methyl sites for hydroxylation is 1. The molecule has 3 heteroatoms. The normalized spacial score (nSPS) is 11.3. The quantitative estimate of drug-likeness (QED) is 0.798. The Morgan fingerprint density at radius 1 is 1.20 bits per heavy atom. The minimum absolute atomic E-state index is 0.761. The molecule has 0 amide bonds. The molecule has 2 rings (SSSR count). The third kappa shape index (κ3) is 3.41. The second kappa shape index (κ2) is 7.46. The topological polar surface area (TPSA) is 34.4 Å². The van der Waals surface area contributed by atoms with Crippen LogP contribution in [-0.4, -0.2) is 20.3 Å². The number of rotatable bonds is 8. The molecule has 110 valence electrons. The number of furan rings is 1. The van der Waals surface area contributed by atoms with Gasteiger partial charge in [0.1, 0.15) is 11.3 Å². The van der Waals surface area contributed by atoms with E-state index in [1.807, 2.05) is 0 Å². The first kappa shape index (κ1) is 15.1. The van der Waals surface area contributed by atoms with Gasteiger partial charge in [-0.25, -0.2) is 0 Å². The SMILES string of the molecule is CCCc1c(CNCC)oc2ccc(CCOC)cc12. The van der Waals surface area contributed by atoms with Crippen molar-refractivity contribution in [2.45, 2.75) is 39.7 Å². The molecule has 0 unspecified atom stereocenters. The summed E-state index contributed by atoms with van der Waals surface area (Å²) in [6, 6.07) is 6.49. The molecule has 0 radical (unpaired) electrons. The van der Waals surface area contributed by atoms with Crippen LogP contribution in [0, 0.1) is 0 Å². The minimum atomic E-state index is 0.761. The molecule has 0 atom stereocenters. The molecule has 0 saturated carbocycles. The first-order valence-corrected chi connectivity index (χ1v) is 7.53. The summed E-state index contributed by atoms with van der Waals surface area (Å²) in [4.78, 5) is 0. The molecule has 0 spiro atoms.